The fraction of sp³-hybridized carbons (Fsp3) is 0.667. The molecule has 2 unspecified atom stereocenters. The van der Waals surface area contributed by atoms with Gasteiger partial charge in [-0.1, -0.05) is 45.0 Å². The number of amides is 2. The minimum absolute atomic E-state index is 0.0517. The topological polar surface area (TPSA) is 49.4 Å². The van der Waals surface area contributed by atoms with E-state index in [-0.39, 0.29) is 22.8 Å². The highest BCUT2D eigenvalue weighted by Crippen LogP contribution is 2.60. The highest BCUT2D eigenvalue weighted by Gasteiger charge is 2.59. The van der Waals surface area contributed by atoms with Gasteiger partial charge in [-0.2, -0.15) is 0 Å². The molecule has 4 nitrogen and oxygen atoms in total. The van der Waals surface area contributed by atoms with Crippen molar-refractivity contribution in [1.29, 1.82) is 0 Å². The number of carbonyl (C=O) groups is 2. The van der Waals surface area contributed by atoms with Crippen LogP contribution in [-0.2, 0) is 20.4 Å². The number of hydrogen-bond acceptors (Lipinski definition) is 2. The van der Waals surface area contributed by atoms with Gasteiger partial charge in [-0.05, 0) is 54.6 Å². The average molecular weight is 381 g/mol. The van der Waals surface area contributed by atoms with Crippen LogP contribution in [0.4, 0.5) is 0 Å². The van der Waals surface area contributed by atoms with Crippen molar-refractivity contribution in [3.63, 3.8) is 0 Å². The molecule has 1 aromatic carbocycles. The summed E-state index contributed by atoms with van der Waals surface area (Å²) in [7, 11) is 0. The van der Waals surface area contributed by atoms with Crippen molar-refractivity contribution in [2.75, 3.05) is 13.1 Å². The lowest BCUT2D eigenvalue weighted by Gasteiger charge is -2.46. The molecule has 2 heterocycles. The molecule has 150 valence electrons. The van der Waals surface area contributed by atoms with Crippen molar-refractivity contribution >= 4 is 11.8 Å². The van der Waals surface area contributed by atoms with E-state index in [0.717, 1.165) is 38.8 Å². The number of likely N-dealkylation sites (tertiary alicyclic amines) is 1. The minimum atomic E-state index is -0.0517. The second kappa shape index (κ2) is 5.84. The standard InChI is InChI=1S/C24H32N2O2/c1-22(2,3)17-5-4-6-18(11-17)24-9-10-26(15-19(24)14-24)21(28)16-12-23(13-16)8-7-20(27)25-23/h4-6,11,16,19H,7-10,12-15H2,1-3H3,(H,25,27)/t16-,19?,23+,24?. The molecular weight excluding hydrogens is 348 g/mol. The zero-order chi connectivity index (χ0) is 19.7. The van der Waals surface area contributed by atoms with Gasteiger partial charge in [-0.3, -0.25) is 9.59 Å². The van der Waals surface area contributed by atoms with Gasteiger partial charge in [0.1, 0.15) is 0 Å². The number of rotatable bonds is 2. The Morgan fingerprint density at radius 3 is 2.61 bits per heavy atom. The first-order chi connectivity index (χ1) is 13.2. The monoisotopic (exact) mass is 380 g/mol. The predicted octanol–water partition coefficient (Wildman–Crippen LogP) is 3.53. The summed E-state index contributed by atoms with van der Waals surface area (Å²) in [5, 5.41) is 3.11. The molecule has 2 aliphatic heterocycles. The van der Waals surface area contributed by atoms with Gasteiger partial charge in [-0.25, -0.2) is 0 Å². The van der Waals surface area contributed by atoms with Gasteiger partial charge < -0.3 is 10.2 Å². The summed E-state index contributed by atoms with van der Waals surface area (Å²) in [6.45, 7) is 8.61. The maximum atomic E-state index is 13.0. The molecule has 4 fully saturated rings. The second-order valence-electron chi connectivity index (χ2n) is 10.9. The van der Waals surface area contributed by atoms with E-state index in [0.29, 0.717) is 23.7 Å². The third-order valence-corrected chi connectivity index (χ3v) is 7.97. The Kier molecular flexibility index (Phi) is 3.80. The van der Waals surface area contributed by atoms with Crippen LogP contribution in [0.5, 0.6) is 0 Å². The Balaban J connectivity index is 1.23. The van der Waals surface area contributed by atoms with E-state index in [1.165, 1.54) is 17.5 Å². The van der Waals surface area contributed by atoms with E-state index < -0.39 is 0 Å². The maximum absolute atomic E-state index is 13.0. The van der Waals surface area contributed by atoms with Crippen molar-refractivity contribution in [3.8, 4) is 0 Å². The Morgan fingerprint density at radius 2 is 1.96 bits per heavy atom. The lowest BCUT2D eigenvalue weighted by atomic mass is 9.67. The number of fused-ring (bicyclic) bond motifs is 1. The van der Waals surface area contributed by atoms with Crippen LogP contribution in [0.1, 0.15) is 70.4 Å². The minimum Gasteiger partial charge on any atom is -0.351 e. The molecule has 4 heteroatoms. The molecule has 1 spiro atoms. The molecule has 0 bridgehead atoms. The molecule has 1 N–H and O–H groups in total. The number of nitrogens with one attached hydrogen (secondary N) is 1. The molecule has 28 heavy (non-hydrogen) atoms. The Hall–Kier alpha value is -1.84. The summed E-state index contributed by atoms with van der Waals surface area (Å²) in [4.78, 5) is 26.7. The Bertz CT molecular complexity index is 833. The van der Waals surface area contributed by atoms with Crippen molar-refractivity contribution in [1.82, 2.24) is 10.2 Å². The fourth-order valence-electron chi connectivity index (χ4n) is 6.01. The predicted molar refractivity (Wildman–Crippen MR) is 109 cm³/mol. The lowest BCUT2D eigenvalue weighted by molar-refractivity contribution is -0.143. The van der Waals surface area contributed by atoms with Gasteiger partial charge >= 0.3 is 0 Å². The molecule has 2 amide bonds. The first kappa shape index (κ1) is 18.2. The smallest absolute Gasteiger partial charge is 0.225 e. The first-order valence-electron chi connectivity index (χ1n) is 10.9. The van der Waals surface area contributed by atoms with Crippen LogP contribution >= 0.6 is 0 Å². The highest BCUT2D eigenvalue weighted by atomic mass is 16.2. The molecule has 0 radical (unpaired) electrons. The van der Waals surface area contributed by atoms with Crippen LogP contribution in [0, 0.1) is 11.8 Å². The van der Waals surface area contributed by atoms with Crippen LogP contribution in [0.2, 0.25) is 0 Å². The van der Waals surface area contributed by atoms with E-state index in [9.17, 15) is 9.59 Å². The molecule has 2 aliphatic carbocycles. The van der Waals surface area contributed by atoms with Crippen LogP contribution < -0.4 is 5.32 Å². The number of benzene rings is 1. The maximum Gasteiger partial charge on any atom is 0.225 e. The van der Waals surface area contributed by atoms with Gasteiger partial charge in [0.25, 0.3) is 0 Å². The molecule has 1 aromatic rings. The molecule has 2 atom stereocenters. The molecule has 0 aromatic heterocycles. The van der Waals surface area contributed by atoms with Gasteiger partial charge in [-0.15, -0.1) is 0 Å². The van der Waals surface area contributed by atoms with E-state index >= 15 is 0 Å². The van der Waals surface area contributed by atoms with E-state index in [4.69, 9.17) is 0 Å². The fourth-order valence-corrected chi connectivity index (χ4v) is 6.01. The SMILES string of the molecule is CC(C)(C)c1cccc(C23CCN(C(=O)[C@H]4C[C@]5(CCC(=O)N5)C4)CC2C3)c1. The number of hydrogen-bond donors (Lipinski definition) is 1. The average Bonchev–Trinajstić information content (AvgIpc) is 3.25. The van der Waals surface area contributed by atoms with Crippen molar-refractivity contribution in [2.24, 2.45) is 11.8 Å². The molecule has 2 saturated heterocycles. The molecule has 4 aliphatic rings. The number of nitrogens with zero attached hydrogens (tertiary/aromatic N) is 1. The second-order valence-corrected chi connectivity index (χ2v) is 10.9. The zero-order valence-corrected chi connectivity index (χ0v) is 17.4. The Morgan fingerprint density at radius 1 is 1.18 bits per heavy atom. The van der Waals surface area contributed by atoms with Crippen LogP contribution in [0.15, 0.2) is 24.3 Å². The lowest BCUT2D eigenvalue weighted by Crippen LogP contribution is -2.57. The van der Waals surface area contributed by atoms with E-state index in [2.05, 4.69) is 55.3 Å². The number of piperidine rings is 1. The number of carbonyl (C=O) groups excluding carboxylic acids is 2. The van der Waals surface area contributed by atoms with Crippen molar-refractivity contribution in [2.45, 2.75) is 75.7 Å². The van der Waals surface area contributed by atoms with Crippen molar-refractivity contribution in [3.05, 3.63) is 35.4 Å². The van der Waals surface area contributed by atoms with Gasteiger partial charge in [0.05, 0.1) is 0 Å². The van der Waals surface area contributed by atoms with E-state index in [1.807, 2.05) is 0 Å². The van der Waals surface area contributed by atoms with Gasteiger partial charge in [0.2, 0.25) is 11.8 Å². The summed E-state index contributed by atoms with van der Waals surface area (Å²) in [6.07, 6.45) is 5.53. The zero-order valence-electron chi connectivity index (χ0n) is 17.4. The van der Waals surface area contributed by atoms with Crippen LogP contribution in [0.3, 0.4) is 0 Å². The summed E-state index contributed by atoms with van der Waals surface area (Å²) < 4.78 is 0. The molecule has 2 saturated carbocycles. The van der Waals surface area contributed by atoms with Crippen molar-refractivity contribution < 1.29 is 9.59 Å². The van der Waals surface area contributed by atoms with E-state index in [1.54, 1.807) is 0 Å². The van der Waals surface area contributed by atoms with Gasteiger partial charge in [0, 0.05) is 36.4 Å². The van der Waals surface area contributed by atoms with Crippen LogP contribution in [0.25, 0.3) is 0 Å². The largest absolute Gasteiger partial charge is 0.351 e. The molecule has 5 rings (SSSR count). The third-order valence-electron chi connectivity index (χ3n) is 7.97. The van der Waals surface area contributed by atoms with Crippen LogP contribution in [-0.4, -0.2) is 35.3 Å². The normalized spacial score (nSPS) is 36.7. The quantitative estimate of drug-likeness (QED) is 0.853. The molecular formula is C24H32N2O2. The highest BCUT2D eigenvalue weighted by molar-refractivity contribution is 5.84. The first-order valence-corrected chi connectivity index (χ1v) is 10.9. The third kappa shape index (κ3) is 2.79. The summed E-state index contributed by atoms with van der Waals surface area (Å²) in [5.41, 5.74) is 3.31. The summed E-state index contributed by atoms with van der Waals surface area (Å²) >= 11 is 0. The van der Waals surface area contributed by atoms with Gasteiger partial charge in [0.15, 0.2) is 0 Å². The Labute approximate surface area is 168 Å². The summed E-state index contributed by atoms with van der Waals surface area (Å²) in [6, 6.07) is 9.16. The summed E-state index contributed by atoms with van der Waals surface area (Å²) in [5.74, 6) is 1.22.